The molecule has 0 unspecified atom stereocenters. The van der Waals surface area contributed by atoms with E-state index in [1.54, 1.807) is 11.8 Å². The molecule has 4 aromatic rings. The van der Waals surface area contributed by atoms with E-state index in [9.17, 15) is 0 Å². The number of nitrogens with zero attached hydrogens (tertiary/aromatic N) is 2. The van der Waals surface area contributed by atoms with Gasteiger partial charge in [0, 0.05) is 16.7 Å². The maximum atomic E-state index is 4.86. The summed E-state index contributed by atoms with van der Waals surface area (Å²) in [6, 6.07) is 27.2. The van der Waals surface area contributed by atoms with Crippen molar-refractivity contribution in [1.29, 1.82) is 0 Å². The fourth-order valence-electron chi connectivity index (χ4n) is 2.77. The van der Waals surface area contributed by atoms with Crippen LogP contribution in [0, 0.1) is 6.92 Å². The summed E-state index contributed by atoms with van der Waals surface area (Å²) in [4.78, 5) is 9.60. The number of benzene rings is 3. The zero-order valence-corrected chi connectivity index (χ0v) is 14.8. The zero-order chi connectivity index (χ0) is 17.1. The van der Waals surface area contributed by atoms with Crippen molar-refractivity contribution in [3.63, 3.8) is 0 Å². The number of aryl methyl sites for hydroxylation is 1. The smallest absolute Gasteiger partial charge is 0.189 e. The summed E-state index contributed by atoms with van der Waals surface area (Å²) >= 11 is 1.68. The molecule has 0 fully saturated rings. The Balaban J connectivity index is 1.71. The summed E-state index contributed by atoms with van der Waals surface area (Å²) in [6.07, 6.45) is 0. The van der Waals surface area contributed by atoms with Crippen molar-refractivity contribution in [2.45, 2.75) is 17.8 Å². The predicted molar refractivity (Wildman–Crippen MR) is 106 cm³/mol. The highest BCUT2D eigenvalue weighted by atomic mass is 32.2. The third kappa shape index (κ3) is 3.57. The fraction of sp³-hybridized carbons (Fsp3) is 0.0909. The van der Waals surface area contributed by atoms with E-state index >= 15 is 0 Å². The first-order valence-electron chi connectivity index (χ1n) is 8.30. The molecule has 0 aliphatic carbocycles. The van der Waals surface area contributed by atoms with Gasteiger partial charge in [0.2, 0.25) is 0 Å². The number of rotatable bonds is 4. The number of fused-ring (bicyclic) bond motifs is 1. The highest BCUT2D eigenvalue weighted by molar-refractivity contribution is 7.98. The molecular weight excluding hydrogens is 324 g/mol. The molecule has 0 aliphatic heterocycles. The van der Waals surface area contributed by atoms with E-state index in [-0.39, 0.29) is 0 Å². The first-order valence-corrected chi connectivity index (χ1v) is 9.29. The number of aromatic nitrogens is 2. The highest BCUT2D eigenvalue weighted by Gasteiger charge is 2.10. The molecule has 0 atom stereocenters. The SMILES string of the molecule is Cc1ccc(CSc2nc(-c3ccccc3)c3ccccc3n2)cc1. The van der Waals surface area contributed by atoms with Crippen LogP contribution in [0.25, 0.3) is 22.2 Å². The molecule has 3 aromatic carbocycles. The van der Waals surface area contributed by atoms with Gasteiger partial charge in [-0.3, -0.25) is 0 Å². The average molecular weight is 342 g/mol. The molecule has 3 heteroatoms. The van der Waals surface area contributed by atoms with E-state index in [1.807, 2.05) is 30.3 Å². The summed E-state index contributed by atoms with van der Waals surface area (Å²) in [7, 11) is 0. The summed E-state index contributed by atoms with van der Waals surface area (Å²) in [5.41, 5.74) is 5.68. The molecule has 2 nitrogen and oxygen atoms in total. The second-order valence-corrected chi connectivity index (χ2v) is 6.95. The Labute approximate surface area is 152 Å². The lowest BCUT2D eigenvalue weighted by Crippen LogP contribution is -1.94. The van der Waals surface area contributed by atoms with Crippen LogP contribution in [0.1, 0.15) is 11.1 Å². The Hall–Kier alpha value is -2.65. The Morgan fingerprint density at radius 2 is 1.48 bits per heavy atom. The summed E-state index contributed by atoms with van der Waals surface area (Å²) < 4.78 is 0. The molecule has 0 N–H and O–H groups in total. The topological polar surface area (TPSA) is 25.8 Å². The van der Waals surface area contributed by atoms with Gasteiger partial charge in [-0.05, 0) is 18.6 Å². The van der Waals surface area contributed by atoms with E-state index in [0.29, 0.717) is 0 Å². The van der Waals surface area contributed by atoms with E-state index in [2.05, 4.69) is 55.5 Å². The van der Waals surface area contributed by atoms with E-state index in [1.165, 1.54) is 11.1 Å². The average Bonchev–Trinajstić information content (AvgIpc) is 2.67. The van der Waals surface area contributed by atoms with Gasteiger partial charge >= 0.3 is 0 Å². The monoisotopic (exact) mass is 342 g/mol. The largest absolute Gasteiger partial charge is 0.222 e. The Bertz CT molecular complexity index is 995. The van der Waals surface area contributed by atoms with Crippen LogP contribution in [-0.2, 0) is 5.75 Å². The lowest BCUT2D eigenvalue weighted by atomic mass is 10.1. The molecule has 0 bridgehead atoms. The molecule has 1 heterocycles. The third-order valence-corrected chi connectivity index (χ3v) is 5.04. The van der Waals surface area contributed by atoms with Gasteiger partial charge in [-0.15, -0.1) is 0 Å². The van der Waals surface area contributed by atoms with E-state index in [4.69, 9.17) is 9.97 Å². The van der Waals surface area contributed by atoms with Crippen molar-refractivity contribution in [1.82, 2.24) is 9.97 Å². The van der Waals surface area contributed by atoms with Crippen molar-refractivity contribution < 1.29 is 0 Å². The van der Waals surface area contributed by atoms with Crippen LogP contribution in [0.3, 0.4) is 0 Å². The maximum absolute atomic E-state index is 4.86. The van der Waals surface area contributed by atoms with Gasteiger partial charge in [-0.1, -0.05) is 90.1 Å². The molecule has 0 aliphatic rings. The van der Waals surface area contributed by atoms with Crippen LogP contribution in [0.15, 0.2) is 84.0 Å². The lowest BCUT2D eigenvalue weighted by molar-refractivity contribution is 1.01. The fourth-order valence-corrected chi connectivity index (χ4v) is 3.58. The van der Waals surface area contributed by atoms with Gasteiger partial charge in [0.25, 0.3) is 0 Å². The Morgan fingerprint density at radius 3 is 2.28 bits per heavy atom. The van der Waals surface area contributed by atoms with Crippen LogP contribution in [0.2, 0.25) is 0 Å². The van der Waals surface area contributed by atoms with Crippen LogP contribution >= 0.6 is 11.8 Å². The minimum Gasteiger partial charge on any atom is -0.222 e. The van der Waals surface area contributed by atoms with Gasteiger partial charge < -0.3 is 0 Å². The van der Waals surface area contributed by atoms with Gasteiger partial charge in [-0.25, -0.2) is 9.97 Å². The molecule has 1 aromatic heterocycles. The molecular formula is C22H18N2S. The van der Waals surface area contributed by atoms with E-state index in [0.717, 1.165) is 33.1 Å². The molecule has 0 spiro atoms. The molecule has 0 saturated heterocycles. The molecule has 0 amide bonds. The van der Waals surface area contributed by atoms with Crippen molar-refractivity contribution in [2.75, 3.05) is 0 Å². The van der Waals surface area contributed by atoms with Crippen LogP contribution in [0.4, 0.5) is 0 Å². The van der Waals surface area contributed by atoms with Crippen molar-refractivity contribution in [2.24, 2.45) is 0 Å². The molecule has 4 rings (SSSR count). The van der Waals surface area contributed by atoms with Gasteiger partial charge in [0.15, 0.2) is 5.16 Å². The quantitative estimate of drug-likeness (QED) is 0.341. The second-order valence-electron chi connectivity index (χ2n) is 6.01. The first-order chi connectivity index (χ1) is 12.3. The van der Waals surface area contributed by atoms with Crippen molar-refractivity contribution >= 4 is 22.7 Å². The van der Waals surface area contributed by atoms with Crippen molar-refractivity contribution in [3.05, 3.63) is 90.0 Å². The summed E-state index contributed by atoms with van der Waals surface area (Å²) in [5.74, 6) is 0.868. The van der Waals surface area contributed by atoms with Crippen LogP contribution < -0.4 is 0 Å². The summed E-state index contributed by atoms with van der Waals surface area (Å²) in [6.45, 7) is 2.11. The minimum atomic E-state index is 0.818. The summed E-state index contributed by atoms with van der Waals surface area (Å²) in [5, 5.41) is 1.91. The van der Waals surface area contributed by atoms with E-state index < -0.39 is 0 Å². The van der Waals surface area contributed by atoms with Crippen molar-refractivity contribution in [3.8, 4) is 11.3 Å². The van der Waals surface area contributed by atoms with Gasteiger partial charge in [-0.2, -0.15) is 0 Å². The Morgan fingerprint density at radius 1 is 0.760 bits per heavy atom. The molecule has 122 valence electrons. The zero-order valence-electron chi connectivity index (χ0n) is 14.0. The number of hydrogen-bond donors (Lipinski definition) is 0. The van der Waals surface area contributed by atoms with Gasteiger partial charge in [0.05, 0.1) is 11.2 Å². The minimum absolute atomic E-state index is 0.818. The normalized spacial score (nSPS) is 10.9. The predicted octanol–water partition coefficient (Wildman–Crippen LogP) is 5.90. The first kappa shape index (κ1) is 15.9. The van der Waals surface area contributed by atoms with Gasteiger partial charge in [0.1, 0.15) is 0 Å². The Kier molecular flexibility index (Phi) is 4.49. The molecule has 0 radical (unpaired) electrons. The highest BCUT2D eigenvalue weighted by Crippen LogP contribution is 2.29. The van der Waals surface area contributed by atoms with Crippen LogP contribution in [-0.4, -0.2) is 9.97 Å². The third-order valence-electron chi connectivity index (χ3n) is 4.12. The lowest BCUT2D eigenvalue weighted by Gasteiger charge is -2.09. The second kappa shape index (κ2) is 7.08. The standard InChI is InChI=1S/C22H18N2S/c1-16-11-13-17(14-12-16)15-25-22-23-20-10-6-5-9-19(20)21(24-22)18-7-3-2-4-8-18/h2-14H,15H2,1H3. The molecule has 25 heavy (non-hydrogen) atoms. The molecule has 0 saturated carbocycles. The maximum Gasteiger partial charge on any atom is 0.189 e. The van der Waals surface area contributed by atoms with Crippen LogP contribution in [0.5, 0.6) is 0 Å². The number of thioether (sulfide) groups is 1. The number of para-hydroxylation sites is 1. The number of hydrogen-bond acceptors (Lipinski definition) is 3.